The maximum absolute atomic E-state index is 6.37. The normalized spacial score (nSPS) is 30.9. The van der Waals surface area contributed by atoms with Gasteiger partial charge in [-0.05, 0) is 44.4 Å². The highest BCUT2D eigenvalue weighted by Gasteiger charge is 2.24. The molecule has 0 aromatic carbocycles. The molecule has 0 bridgehead atoms. The zero-order chi connectivity index (χ0) is 11.2. The van der Waals surface area contributed by atoms with E-state index in [4.69, 9.17) is 10.5 Å². The van der Waals surface area contributed by atoms with Gasteiger partial charge in [-0.1, -0.05) is 25.7 Å². The largest absolute Gasteiger partial charge is 0.378 e. The topological polar surface area (TPSA) is 35.2 Å². The second-order valence-electron chi connectivity index (χ2n) is 5.64. The van der Waals surface area contributed by atoms with E-state index in [1.165, 1.54) is 57.8 Å². The molecule has 1 aliphatic heterocycles. The number of rotatable bonds is 3. The molecule has 2 aliphatic rings. The Bertz CT molecular complexity index is 181. The van der Waals surface area contributed by atoms with Gasteiger partial charge in [0.05, 0.1) is 6.10 Å². The first kappa shape index (κ1) is 12.4. The van der Waals surface area contributed by atoms with Crippen LogP contribution in [0.2, 0.25) is 0 Å². The van der Waals surface area contributed by atoms with E-state index in [9.17, 15) is 0 Å². The summed E-state index contributed by atoms with van der Waals surface area (Å²) >= 11 is 0. The fourth-order valence-electron chi connectivity index (χ4n) is 3.23. The lowest BCUT2D eigenvalue weighted by molar-refractivity contribution is 0.00354. The quantitative estimate of drug-likeness (QED) is 0.748. The molecule has 16 heavy (non-hydrogen) atoms. The Kier molecular flexibility index (Phi) is 5.11. The van der Waals surface area contributed by atoms with Gasteiger partial charge in [-0.15, -0.1) is 0 Å². The van der Waals surface area contributed by atoms with E-state index in [1.807, 2.05) is 0 Å². The molecule has 1 heterocycles. The van der Waals surface area contributed by atoms with Crippen LogP contribution in [0.25, 0.3) is 0 Å². The molecule has 2 fully saturated rings. The Labute approximate surface area is 99.9 Å². The molecule has 1 aliphatic carbocycles. The third kappa shape index (κ3) is 3.74. The Morgan fingerprint density at radius 1 is 0.938 bits per heavy atom. The summed E-state index contributed by atoms with van der Waals surface area (Å²) in [5.41, 5.74) is 6.37. The van der Waals surface area contributed by atoms with Crippen molar-refractivity contribution >= 4 is 0 Å². The number of ether oxygens (including phenoxy) is 1. The Morgan fingerprint density at radius 2 is 1.62 bits per heavy atom. The minimum absolute atomic E-state index is 0.390. The van der Waals surface area contributed by atoms with Gasteiger partial charge in [-0.2, -0.15) is 0 Å². The van der Waals surface area contributed by atoms with Crippen molar-refractivity contribution in [2.75, 3.05) is 6.61 Å². The van der Waals surface area contributed by atoms with E-state index in [0.29, 0.717) is 12.1 Å². The van der Waals surface area contributed by atoms with Crippen LogP contribution in [0.4, 0.5) is 0 Å². The van der Waals surface area contributed by atoms with Crippen LogP contribution < -0.4 is 5.73 Å². The van der Waals surface area contributed by atoms with Crippen LogP contribution in [-0.4, -0.2) is 18.8 Å². The van der Waals surface area contributed by atoms with Crippen molar-refractivity contribution < 1.29 is 4.74 Å². The van der Waals surface area contributed by atoms with Crippen LogP contribution in [0.15, 0.2) is 0 Å². The summed E-state index contributed by atoms with van der Waals surface area (Å²) in [6, 6.07) is 0.390. The average molecular weight is 225 g/mol. The molecule has 94 valence electrons. The first-order valence-electron chi connectivity index (χ1n) is 7.23. The number of hydrogen-bond donors (Lipinski definition) is 1. The summed E-state index contributed by atoms with van der Waals surface area (Å²) in [5, 5.41) is 0. The van der Waals surface area contributed by atoms with Crippen LogP contribution in [0.5, 0.6) is 0 Å². The van der Waals surface area contributed by atoms with Crippen molar-refractivity contribution in [3.05, 3.63) is 0 Å². The van der Waals surface area contributed by atoms with E-state index in [2.05, 4.69) is 0 Å². The average Bonchev–Trinajstić information content (AvgIpc) is 2.59. The molecule has 1 saturated heterocycles. The molecule has 2 unspecified atom stereocenters. The second-order valence-corrected chi connectivity index (χ2v) is 5.64. The van der Waals surface area contributed by atoms with Gasteiger partial charge in [0.25, 0.3) is 0 Å². The van der Waals surface area contributed by atoms with Crippen LogP contribution in [0.3, 0.4) is 0 Å². The Balaban J connectivity index is 1.74. The second kappa shape index (κ2) is 6.61. The van der Waals surface area contributed by atoms with Crippen molar-refractivity contribution in [3.8, 4) is 0 Å². The molecular formula is C14H27NO. The molecule has 0 spiro atoms. The predicted molar refractivity (Wildman–Crippen MR) is 67.4 cm³/mol. The van der Waals surface area contributed by atoms with Crippen LogP contribution in [-0.2, 0) is 4.74 Å². The lowest BCUT2D eigenvalue weighted by Crippen LogP contribution is -2.35. The van der Waals surface area contributed by atoms with Crippen LogP contribution in [0, 0.1) is 5.92 Å². The summed E-state index contributed by atoms with van der Waals surface area (Å²) < 4.78 is 5.79. The molecule has 2 nitrogen and oxygen atoms in total. The first-order chi connectivity index (χ1) is 7.86. The van der Waals surface area contributed by atoms with E-state index in [-0.39, 0.29) is 0 Å². The summed E-state index contributed by atoms with van der Waals surface area (Å²) in [5.74, 6) is 0.771. The van der Waals surface area contributed by atoms with Crippen LogP contribution >= 0.6 is 0 Å². The monoisotopic (exact) mass is 225 g/mol. The molecule has 2 atom stereocenters. The highest BCUT2D eigenvalue weighted by atomic mass is 16.5. The molecule has 1 saturated carbocycles. The van der Waals surface area contributed by atoms with Crippen molar-refractivity contribution in [2.24, 2.45) is 11.7 Å². The summed E-state index contributed by atoms with van der Waals surface area (Å²) in [6.45, 7) is 0.960. The zero-order valence-corrected chi connectivity index (χ0v) is 10.5. The smallest absolute Gasteiger partial charge is 0.0590 e. The van der Waals surface area contributed by atoms with Crippen molar-refractivity contribution in [2.45, 2.75) is 76.4 Å². The van der Waals surface area contributed by atoms with Gasteiger partial charge in [0, 0.05) is 12.6 Å². The SMILES string of the molecule is NC(CC1CCCCO1)C1CCCCCC1. The maximum atomic E-state index is 6.37. The van der Waals surface area contributed by atoms with Crippen molar-refractivity contribution in [1.82, 2.24) is 0 Å². The summed E-state index contributed by atoms with van der Waals surface area (Å²) in [4.78, 5) is 0. The van der Waals surface area contributed by atoms with Gasteiger partial charge in [-0.3, -0.25) is 0 Å². The lowest BCUT2D eigenvalue weighted by atomic mass is 9.88. The highest BCUT2D eigenvalue weighted by molar-refractivity contribution is 4.79. The summed E-state index contributed by atoms with van der Waals surface area (Å²) in [7, 11) is 0. The summed E-state index contributed by atoms with van der Waals surface area (Å²) in [6.07, 6.45) is 13.7. The maximum Gasteiger partial charge on any atom is 0.0590 e. The van der Waals surface area contributed by atoms with E-state index in [0.717, 1.165) is 18.9 Å². The van der Waals surface area contributed by atoms with Gasteiger partial charge < -0.3 is 10.5 Å². The van der Waals surface area contributed by atoms with E-state index >= 15 is 0 Å². The molecule has 0 aromatic heterocycles. The Hall–Kier alpha value is -0.0800. The molecule has 0 radical (unpaired) electrons. The molecule has 0 amide bonds. The van der Waals surface area contributed by atoms with Gasteiger partial charge in [-0.25, -0.2) is 0 Å². The van der Waals surface area contributed by atoms with Gasteiger partial charge in [0.1, 0.15) is 0 Å². The number of nitrogens with two attached hydrogens (primary N) is 1. The fourth-order valence-corrected chi connectivity index (χ4v) is 3.23. The van der Waals surface area contributed by atoms with Gasteiger partial charge in [0.2, 0.25) is 0 Å². The molecular weight excluding hydrogens is 198 g/mol. The van der Waals surface area contributed by atoms with Crippen molar-refractivity contribution in [1.29, 1.82) is 0 Å². The van der Waals surface area contributed by atoms with Gasteiger partial charge >= 0.3 is 0 Å². The van der Waals surface area contributed by atoms with Crippen LogP contribution in [0.1, 0.15) is 64.2 Å². The van der Waals surface area contributed by atoms with E-state index in [1.54, 1.807) is 0 Å². The molecule has 2 rings (SSSR count). The van der Waals surface area contributed by atoms with Crippen molar-refractivity contribution in [3.63, 3.8) is 0 Å². The molecule has 0 aromatic rings. The van der Waals surface area contributed by atoms with E-state index < -0.39 is 0 Å². The minimum atomic E-state index is 0.390. The molecule has 2 heteroatoms. The van der Waals surface area contributed by atoms with Gasteiger partial charge in [0.15, 0.2) is 0 Å². The lowest BCUT2D eigenvalue weighted by Gasteiger charge is -2.29. The standard InChI is InChI=1S/C14H27NO/c15-14(11-13-9-5-6-10-16-13)12-7-3-1-2-4-8-12/h12-14H,1-11,15H2. The first-order valence-corrected chi connectivity index (χ1v) is 7.23. The zero-order valence-electron chi connectivity index (χ0n) is 10.5. The number of hydrogen-bond acceptors (Lipinski definition) is 2. The molecule has 2 N–H and O–H groups in total. The third-order valence-electron chi connectivity index (χ3n) is 4.31. The third-order valence-corrected chi connectivity index (χ3v) is 4.31. The highest BCUT2D eigenvalue weighted by Crippen LogP contribution is 2.28. The Morgan fingerprint density at radius 3 is 2.25 bits per heavy atom. The minimum Gasteiger partial charge on any atom is -0.378 e. The fraction of sp³-hybridized carbons (Fsp3) is 1.00. The predicted octanol–water partition coefficient (Wildman–Crippen LogP) is 3.24.